The zero-order valence-electron chi connectivity index (χ0n) is 12.0. The summed E-state index contributed by atoms with van der Waals surface area (Å²) in [6, 6.07) is 0.483. The van der Waals surface area contributed by atoms with Gasteiger partial charge in [-0.1, -0.05) is 26.7 Å². The van der Waals surface area contributed by atoms with E-state index in [-0.39, 0.29) is 5.41 Å². The predicted molar refractivity (Wildman–Crippen MR) is 74.5 cm³/mol. The molecule has 0 unspecified atom stereocenters. The Labute approximate surface area is 111 Å². The maximum atomic E-state index is 12.9. The third kappa shape index (κ3) is 2.87. The summed E-state index contributed by atoms with van der Waals surface area (Å²) in [6.45, 7) is 7.44. The van der Waals surface area contributed by atoms with E-state index in [4.69, 9.17) is 0 Å². The van der Waals surface area contributed by atoms with Gasteiger partial charge in [-0.25, -0.2) is 0 Å². The number of hydrogen-bond donors (Lipinski definition) is 1. The summed E-state index contributed by atoms with van der Waals surface area (Å²) in [6.07, 6.45) is 7.98. The van der Waals surface area contributed by atoms with E-state index in [0.29, 0.717) is 11.9 Å². The van der Waals surface area contributed by atoms with Crippen LogP contribution in [0.3, 0.4) is 0 Å². The predicted octanol–water partition coefficient (Wildman–Crippen LogP) is 2.56. The van der Waals surface area contributed by atoms with E-state index in [9.17, 15) is 4.79 Å². The van der Waals surface area contributed by atoms with Gasteiger partial charge in [-0.15, -0.1) is 0 Å². The van der Waals surface area contributed by atoms with E-state index in [1.54, 1.807) is 0 Å². The number of rotatable bonds is 4. The van der Waals surface area contributed by atoms with Crippen LogP contribution < -0.4 is 5.32 Å². The van der Waals surface area contributed by atoms with E-state index in [1.165, 1.54) is 12.8 Å². The highest BCUT2D eigenvalue weighted by atomic mass is 16.2. The first kappa shape index (κ1) is 13.9. The molecule has 0 spiro atoms. The average molecular weight is 252 g/mol. The molecule has 3 heteroatoms. The zero-order valence-corrected chi connectivity index (χ0v) is 12.0. The molecule has 2 rings (SSSR count). The summed E-state index contributed by atoms with van der Waals surface area (Å²) in [4.78, 5) is 15.1. The van der Waals surface area contributed by atoms with E-state index >= 15 is 0 Å². The van der Waals surface area contributed by atoms with Gasteiger partial charge >= 0.3 is 0 Å². The van der Waals surface area contributed by atoms with Gasteiger partial charge in [0.05, 0.1) is 0 Å². The quantitative estimate of drug-likeness (QED) is 0.834. The minimum atomic E-state index is -0.0555. The van der Waals surface area contributed by atoms with Crippen molar-refractivity contribution in [2.75, 3.05) is 19.6 Å². The number of carbonyl (C=O) groups is 1. The van der Waals surface area contributed by atoms with Crippen molar-refractivity contribution in [3.8, 4) is 0 Å². The number of nitrogens with zero attached hydrogens (tertiary/aromatic N) is 1. The van der Waals surface area contributed by atoms with Crippen LogP contribution in [-0.4, -0.2) is 36.5 Å². The molecule has 0 aromatic rings. The largest absolute Gasteiger partial charge is 0.339 e. The molecule has 0 radical (unpaired) electrons. The number of carbonyl (C=O) groups excluding carboxylic acids is 1. The van der Waals surface area contributed by atoms with Gasteiger partial charge in [0, 0.05) is 18.0 Å². The zero-order chi connectivity index (χ0) is 13.0. The van der Waals surface area contributed by atoms with Gasteiger partial charge in [0.25, 0.3) is 0 Å². The molecule has 1 heterocycles. The summed E-state index contributed by atoms with van der Waals surface area (Å²) in [5, 5.41) is 3.39. The molecule has 2 fully saturated rings. The van der Waals surface area contributed by atoms with Crippen molar-refractivity contribution in [2.24, 2.45) is 5.41 Å². The highest BCUT2D eigenvalue weighted by molar-refractivity contribution is 5.83. The fourth-order valence-electron chi connectivity index (χ4n) is 3.53. The van der Waals surface area contributed by atoms with Crippen molar-refractivity contribution < 1.29 is 4.79 Å². The molecule has 2 aliphatic rings. The second-order valence-corrected chi connectivity index (χ2v) is 6.25. The Hall–Kier alpha value is -0.570. The minimum Gasteiger partial charge on any atom is -0.339 e. The number of piperidine rings is 1. The Balaban J connectivity index is 2.05. The van der Waals surface area contributed by atoms with Crippen LogP contribution in [0.25, 0.3) is 0 Å². The molecule has 0 aromatic heterocycles. The van der Waals surface area contributed by atoms with Crippen LogP contribution in [0.15, 0.2) is 0 Å². The lowest BCUT2D eigenvalue weighted by Crippen LogP contribution is -2.50. The molecule has 0 atom stereocenters. The maximum absolute atomic E-state index is 12.9. The molecule has 1 aliphatic carbocycles. The molecule has 0 bridgehead atoms. The number of nitrogens with one attached hydrogen (secondary N) is 1. The molecule has 18 heavy (non-hydrogen) atoms. The summed E-state index contributed by atoms with van der Waals surface area (Å²) >= 11 is 0. The third-order valence-corrected chi connectivity index (χ3v) is 4.70. The lowest BCUT2D eigenvalue weighted by molar-refractivity contribution is -0.144. The third-order valence-electron chi connectivity index (χ3n) is 4.70. The monoisotopic (exact) mass is 252 g/mol. The topological polar surface area (TPSA) is 32.3 Å². The molecular formula is C15H28N2O. The molecule has 0 aromatic carbocycles. The van der Waals surface area contributed by atoms with E-state index in [2.05, 4.69) is 24.1 Å². The number of amides is 1. The molecule has 1 saturated carbocycles. The molecule has 104 valence electrons. The van der Waals surface area contributed by atoms with Crippen LogP contribution in [0.4, 0.5) is 0 Å². The first-order chi connectivity index (χ1) is 8.67. The first-order valence-corrected chi connectivity index (χ1v) is 7.69. The SMILES string of the molecule is CCCN(C(=O)C1(C)CCCC1)C1CCNCC1. The van der Waals surface area contributed by atoms with Crippen LogP contribution in [0, 0.1) is 5.41 Å². The van der Waals surface area contributed by atoms with Gasteiger partial charge in [0.1, 0.15) is 0 Å². The summed E-state index contributed by atoms with van der Waals surface area (Å²) in [5.74, 6) is 0.439. The Bertz CT molecular complexity index is 278. The van der Waals surface area contributed by atoms with Gasteiger partial charge in [-0.2, -0.15) is 0 Å². The highest BCUT2D eigenvalue weighted by Crippen LogP contribution is 2.40. The van der Waals surface area contributed by atoms with Crippen molar-refractivity contribution in [1.29, 1.82) is 0 Å². The van der Waals surface area contributed by atoms with E-state index < -0.39 is 0 Å². The van der Waals surface area contributed by atoms with Crippen LogP contribution in [0.2, 0.25) is 0 Å². The van der Waals surface area contributed by atoms with Crippen molar-refractivity contribution in [3.63, 3.8) is 0 Å². The standard InChI is InChI=1S/C15H28N2O/c1-3-12-17(13-6-10-16-11-7-13)14(18)15(2)8-4-5-9-15/h13,16H,3-12H2,1-2H3. The van der Waals surface area contributed by atoms with Crippen molar-refractivity contribution in [1.82, 2.24) is 10.2 Å². The van der Waals surface area contributed by atoms with Gasteiger partial charge in [-0.3, -0.25) is 4.79 Å². The van der Waals surface area contributed by atoms with E-state index in [0.717, 1.165) is 51.7 Å². The minimum absolute atomic E-state index is 0.0555. The van der Waals surface area contributed by atoms with Gasteiger partial charge < -0.3 is 10.2 Å². The Morgan fingerprint density at radius 1 is 1.28 bits per heavy atom. The van der Waals surface area contributed by atoms with Crippen molar-refractivity contribution >= 4 is 5.91 Å². The van der Waals surface area contributed by atoms with Gasteiger partial charge in [0.2, 0.25) is 5.91 Å². The molecule has 1 aliphatic heterocycles. The molecule has 1 saturated heterocycles. The molecule has 1 N–H and O–H groups in total. The second kappa shape index (κ2) is 6.05. The van der Waals surface area contributed by atoms with E-state index in [1.807, 2.05) is 0 Å². The van der Waals surface area contributed by atoms with Crippen molar-refractivity contribution in [2.45, 2.75) is 64.8 Å². The van der Waals surface area contributed by atoms with Crippen LogP contribution >= 0.6 is 0 Å². The Kier molecular flexibility index (Phi) is 4.66. The maximum Gasteiger partial charge on any atom is 0.228 e. The summed E-state index contributed by atoms with van der Waals surface area (Å²) < 4.78 is 0. The molecule has 3 nitrogen and oxygen atoms in total. The Morgan fingerprint density at radius 2 is 1.89 bits per heavy atom. The normalized spacial score (nSPS) is 24.1. The fourth-order valence-corrected chi connectivity index (χ4v) is 3.53. The van der Waals surface area contributed by atoms with Gasteiger partial charge in [-0.05, 0) is 45.2 Å². The average Bonchev–Trinajstić information content (AvgIpc) is 2.84. The molecule has 1 amide bonds. The summed E-state index contributed by atoms with van der Waals surface area (Å²) in [5.41, 5.74) is -0.0555. The summed E-state index contributed by atoms with van der Waals surface area (Å²) in [7, 11) is 0. The fraction of sp³-hybridized carbons (Fsp3) is 0.933. The lowest BCUT2D eigenvalue weighted by atomic mass is 9.86. The molecular weight excluding hydrogens is 224 g/mol. The Morgan fingerprint density at radius 3 is 2.44 bits per heavy atom. The van der Waals surface area contributed by atoms with Gasteiger partial charge in [0.15, 0.2) is 0 Å². The first-order valence-electron chi connectivity index (χ1n) is 7.69. The lowest BCUT2D eigenvalue weighted by Gasteiger charge is -2.39. The number of hydrogen-bond acceptors (Lipinski definition) is 2. The van der Waals surface area contributed by atoms with Crippen LogP contribution in [0.1, 0.15) is 58.8 Å². The van der Waals surface area contributed by atoms with Crippen molar-refractivity contribution in [3.05, 3.63) is 0 Å². The second-order valence-electron chi connectivity index (χ2n) is 6.25. The smallest absolute Gasteiger partial charge is 0.228 e. The highest BCUT2D eigenvalue weighted by Gasteiger charge is 2.40. The van der Waals surface area contributed by atoms with Crippen LogP contribution in [-0.2, 0) is 4.79 Å². The van der Waals surface area contributed by atoms with Crippen LogP contribution in [0.5, 0.6) is 0 Å².